The molecule has 1 rings (SSSR count). The Hall–Kier alpha value is -1.11. The van der Waals surface area contributed by atoms with E-state index in [1.165, 1.54) is 6.26 Å². The van der Waals surface area contributed by atoms with Gasteiger partial charge in [0.05, 0.1) is 18.4 Å². The number of benzene rings is 1. The minimum atomic E-state index is -3.21. The van der Waals surface area contributed by atoms with Crippen LogP contribution in [0.25, 0.3) is 0 Å². The van der Waals surface area contributed by atoms with Crippen LogP contribution in [-0.4, -0.2) is 27.0 Å². The van der Waals surface area contributed by atoms with Gasteiger partial charge in [-0.15, -0.1) is 0 Å². The van der Waals surface area contributed by atoms with Crippen molar-refractivity contribution in [3.8, 4) is 5.75 Å². The lowest BCUT2D eigenvalue weighted by atomic mass is 9.96. The second kappa shape index (κ2) is 5.90. The van der Waals surface area contributed by atoms with Crippen molar-refractivity contribution in [2.45, 2.75) is 32.1 Å². The van der Waals surface area contributed by atoms with Crippen LogP contribution in [-0.2, 0) is 9.84 Å². The van der Waals surface area contributed by atoms with Gasteiger partial charge in [-0.25, -0.2) is 8.42 Å². The maximum atomic E-state index is 11.7. The van der Waals surface area contributed by atoms with Gasteiger partial charge >= 0.3 is 0 Å². The average Bonchev–Trinajstić information content (AvgIpc) is 2.30. The van der Waals surface area contributed by atoms with E-state index >= 15 is 0 Å². The Morgan fingerprint density at radius 2 is 1.89 bits per heavy atom. The predicted octanol–water partition coefficient (Wildman–Crippen LogP) is 1.25. The molecule has 0 heterocycles. The standard InChI is InChI=1S/C13H22N2O3S/c1-8-6-9(2)12(11(7-8)18-4)13(15-14)10(3)19(5,16)17/h6-7,10,13,15H,14H2,1-5H3. The van der Waals surface area contributed by atoms with Gasteiger partial charge in [-0.05, 0) is 38.0 Å². The molecule has 0 aromatic heterocycles. The van der Waals surface area contributed by atoms with Crippen molar-refractivity contribution in [1.29, 1.82) is 0 Å². The van der Waals surface area contributed by atoms with Gasteiger partial charge < -0.3 is 4.74 Å². The highest BCUT2D eigenvalue weighted by molar-refractivity contribution is 7.91. The zero-order valence-electron chi connectivity index (χ0n) is 12.0. The van der Waals surface area contributed by atoms with E-state index in [4.69, 9.17) is 10.6 Å². The molecule has 1 aromatic carbocycles. The van der Waals surface area contributed by atoms with Gasteiger partial charge in [0.2, 0.25) is 0 Å². The first kappa shape index (κ1) is 15.9. The van der Waals surface area contributed by atoms with Crippen molar-refractivity contribution in [3.05, 3.63) is 28.8 Å². The van der Waals surface area contributed by atoms with E-state index in [1.54, 1.807) is 14.0 Å². The van der Waals surface area contributed by atoms with Gasteiger partial charge in [0.1, 0.15) is 5.75 Å². The van der Waals surface area contributed by atoms with Crippen LogP contribution in [0.4, 0.5) is 0 Å². The molecule has 0 bridgehead atoms. The summed E-state index contributed by atoms with van der Waals surface area (Å²) in [6.45, 7) is 5.52. The number of nitrogens with two attached hydrogens (primary N) is 1. The molecule has 3 N–H and O–H groups in total. The minimum absolute atomic E-state index is 0.509. The molecule has 5 nitrogen and oxygen atoms in total. The van der Waals surface area contributed by atoms with Crippen LogP contribution < -0.4 is 16.0 Å². The third kappa shape index (κ3) is 3.46. The molecule has 2 unspecified atom stereocenters. The molecular formula is C13H22N2O3S. The van der Waals surface area contributed by atoms with Crippen LogP contribution in [0.1, 0.15) is 29.7 Å². The lowest BCUT2D eigenvalue weighted by molar-refractivity contribution is 0.396. The zero-order chi connectivity index (χ0) is 14.8. The molecule has 0 saturated carbocycles. The summed E-state index contributed by atoms with van der Waals surface area (Å²) in [6.07, 6.45) is 1.21. The molecule has 0 fully saturated rings. The molecular weight excluding hydrogens is 264 g/mol. The fraction of sp³-hybridized carbons (Fsp3) is 0.538. The number of methoxy groups -OCH3 is 1. The number of hydrogen-bond acceptors (Lipinski definition) is 5. The van der Waals surface area contributed by atoms with Gasteiger partial charge in [0.15, 0.2) is 9.84 Å². The lowest BCUT2D eigenvalue weighted by Crippen LogP contribution is -2.39. The van der Waals surface area contributed by atoms with E-state index in [1.807, 2.05) is 26.0 Å². The van der Waals surface area contributed by atoms with Crippen molar-refractivity contribution in [3.63, 3.8) is 0 Å². The normalized spacial score (nSPS) is 15.1. The molecule has 0 amide bonds. The van der Waals surface area contributed by atoms with Crippen molar-refractivity contribution in [2.24, 2.45) is 5.84 Å². The van der Waals surface area contributed by atoms with Crippen LogP contribution in [0.15, 0.2) is 12.1 Å². The Morgan fingerprint density at radius 1 is 1.32 bits per heavy atom. The summed E-state index contributed by atoms with van der Waals surface area (Å²) >= 11 is 0. The van der Waals surface area contributed by atoms with E-state index in [0.717, 1.165) is 16.7 Å². The Morgan fingerprint density at radius 3 is 2.32 bits per heavy atom. The van der Waals surface area contributed by atoms with Gasteiger partial charge in [0.25, 0.3) is 0 Å². The molecule has 0 saturated heterocycles. The van der Waals surface area contributed by atoms with E-state index < -0.39 is 21.1 Å². The number of ether oxygens (including phenoxy) is 1. The highest BCUT2D eigenvalue weighted by Gasteiger charge is 2.30. The van der Waals surface area contributed by atoms with Gasteiger partial charge in [-0.2, -0.15) is 0 Å². The van der Waals surface area contributed by atoms with Crippen LogP contribution in [0.5, 0.6) is 5.75 Å². The predicted molar refractivity (Wildman–Crippen MR) is 76.8 cm³/mol. The number of hydrazine groups is 1. The number of sulfone groups is 1. The van der Waals surface area contributed by atoms with Crippen molar-refractivity contribution in [1.82, 2.24) is 5.43 Å². The zero-order valence-corrected chi connectivity index (χ0v) is 12.8. The average molecular weight is 286 g/mol. The van der Waals surface area contributed by atoms with Crippen LogP contribution in [0.3, 0.4) is 0 Å². The van der Waals surface area contributed by atoms with Crippen molar-refractivity contribution >= 4 is 9.84 Å². The molecule has 0 spiro atoms. The topological polar surface area (TPSA) is 81.4 Å². The lowest BCUT2D eigenvalue weighted by Gasteiger charge is -2.26. The highest BCUT2D eigenvalue weighted by atomic mass is 32.2. The summed E-state index contributed by atoms with van der Waals surface area (Å²) in [5, 5.41) is -0.646. The molecule has 108 valence electrons. The van der Waals surface area contributed by atoms with Crippen LogP contribution in [0, 0.1) is 13.8 Å². The van der Waals surface area contributed by atoms with Crippen molar-refractivity contribution < 1.29 is 13.2 Å². The number of hydrogen-bond donors (Lipinski definition) is 2. The number of rotatable bonds is 5. The fourth-order valence-corrected chi connectivity index (χ4v) is 2.92. The minimum Gasteiger partial charge on any atom is -0.496 e. The quantitative estimate of drug-likeness (QED) is 0.629. The molecule has 0 radical (unpaired) electrons. The van der Waals surface area contributed by atoms with Crippen LogP contribution in [0.2, 0.25) is 0 Å². The largest absolute Gasteiger partial charge is 0.496 e. The maximum absolute atomic E-state index is 11.7. The van der Waals surface area contributed by atoms with Crippen LogP contribution >= 0.6 is 0 Å². The maximum Gasteiger partial charge on any atom is 0.151 e. The molecule has 2 atom stereocenters. The van der Waals surface area contributed by atoms with E-state index in [9.17, 15) is 8.42 Å². The second-order valence-corrected chi connectivity index (χ2v) is 7.28. The molecule has 19 heavy (non-hydrogen) atoms. The summed E-state index contributed by atoms with van der Waals surface area (Å²) in [6, 6.07) is 3.35. The first-order valence-corrected chi connectivity index (χ1v) is 7.98. The Labute approximate surface area is 115 Å². The first-order chi connectivity index (χ1) is 8.72. The highest BCUT2D eigenvalue weighted by Crippen LogP contribution is 2.33. The SMILES string of the molecule is COc1cc(C)cc(C)c1C(NN)C(C)S(C)(=O)=O. The molecule has 0 aliphatic carbocycles. The Kier molecular flexibility index (Phi) is 4.95. The van der Waals surface area contributed by atoms with Crippen molar-refractivity contribution in [2.75, 3.05) is 13.4 Å². The fourth-order valence-electron chi connectivity index (χ4n) is 2.21. The van der Waals surface area contributed by atoms with E-state index in [-0.39, 0.29) is 0 Å². The molecule has 6 heteroatoms. The summed E-state index contributed by atoms with van der Waals surface area (Å²) in [5.41, 5.74) is 5.40. The summed E-state index contributed by atoms with van der Waals surface area (Å²) in [7, 11) is -1.65. The van der Waals surface area contributed by atoms with Gasteiger partial charge in [0, 0.05) is 11.8 Å². The molecule has 0 aliphatic rings. The van der Waals surface area contributed by atoms with Gasteiger partial charge in [-0.3, -0.25) is 11.3 Å². The summed E-state index contributed by atoms with van der Waals surface area (Å²) < 4.78 is 28.9. The number of nitrogens with one attached hydrogen (secondary N) is 1. The molecule has 0 aliphatic heterocycles. The summed E-state index contributed by atoms with van der Waals surface area (Å²) in [4.78, 5) is 0. The van der Waals surface area contributed by atoms with E-state index in [0.29, 0.717) is 5.75 Å². The van der Waals surface area contributed by atoms with Gasteiger partial charge in [-0.1, -0.05) is 6.07 Å². The third-order valence-corrected chi connectivity index (χ3v) is 4.97. The monoisotopic (exact) mass is 286 g/mol. The molecule has 1 aromatic rings. The number of aryl methyl sites for hydroxylation is 2. The Bertz CT molecular complexity index is 555. The third-order valence-electron chi connectivity index (χ3n) is 3.35. The summed E-state index contributed by atoms with van der Waals surface area (Å²) in [5.74, 6) is 6.21. The Balaban J connectivity index is 3.41. The van der Waals surface area contributed by atoms with E-state index in [2.05, 4.69) is 5.43 Å². The second-order valence-electron chi connectivity index (χ2n) is 4.88. The first-order valence-electron chi connectivity index (χ1n) is 6.02. The smallest absolute Gasteiger partial charge is 0.151 e.